The van der Waals surface area contributed by atoms with E-state index in [0.717, 1.165) is 17.4 Å². The first-order valence-corrected chi connectivity index (χ1v) is 6.77. The lowest BCUT2D eigenvalue weighted by molar-refractivity contribution is 0.340. The van der Waals surface area contributed by atoms with Gasteiger partial charge < -0.3 is 4.74 Å². The van der Waals surface area contributed by atoms with Crippen LogP contribution in [0.1, 0.15) is 24.1 Å². The summed E-state index contributed by atoms with van der Waals surface area (Å²) in [5.74, 6) is 5.16. The van der Waals surface area contributed by atoms with Crippen LogP contribution in [0, 0.1) is 11.6 Å². The molecule has 1 unspecified atom stereocenters. The maximum absolute atomic E-state index is 13.7. The van der Waals surface area contributed by atoms with Gasteiger partial charge in [-0.1, -0.05) is 18.2 Å². The molecule has 3 N–H and O–H groups in total. The molecule has 2 aromatic carbocycles. The molecule has 5 heteroatoms. The number of nitrogens with two attached hydrogens (primary N) is 1. The Morgan fingerprint density at radius 3 is 2.43 bits per heavy atom. The van der Waals surface area contributed by atoms with E-state index < -0.39 is 11.6 Å². The van der Waals surface area contributed by atoms with Gasteiger partial charge in [0.15, 0.2) is 0 Å². The van der Waals surface area contributed by atoms with Crippen LogP contribution in [-0.4, -0.2) is 6.61 Å². The van der Waals surface area contributed by atoms with Gasteiger partial charge in [-0.05, 0) is 42.7 Å². The molecule has 0 aliphatic rings. The molecule has 3 nitrogen and oxygen atoms in total. The molecule has 2 aromatic rings. The van der Waals surface area contributed by atoms with Gasteiger partial charge in [-0.25, -0.2) is 8.78 Å². The molecular weight excluding hydrogens is 274 g/mol. The van der Waals surface area contributed by atoms with Gasteiger partial charge in [0.25, 0.3) is 0 Å². The van der Waals surface area contributed by atoms with Crippen molar-refractivity contribution in [1.29, 1.82) is 0 Å². The molecule has 0 aromatic heterocycles. The topological polar surface area (TPSA) is 47.3 Å². The highest BCUT2D eigenvalue weighted by Crippen LogP contribution is 2.22. The van der Waals surface area contributed by atoms with Crippen molar-refractivity contribution in [3.05, 3.63) is 65.2 Å². The van der Waals surface area contributed by atoms with Crippen molar-refractivity contribution >= 4 is 0 Å². The van der Waals surface area contributed by atoms with Gasteiger partial charge in [0.2, 0.25) is 0 Å². The fourth-order valence-corrected chi connectivity index (χ4v) is 2.14. The molecule has 112 valence electrons. The zero-order valence-corrected chi connectivity index (χ0v) is 11.8. The number of benzene rings is 2. The second-order valence-corrected chi connectivity index (χ2v) is 4.66. The summed E-state index contributed by atoms with van der Waals surface area (Å²) in [6.45, 7) is 2.51. The molecular formula is C16H18F2N2O. The van der Waals surface area contributed by atoms with Gasteiger partial charge >= 0.3 is 0 Å². The minimum absolute atomic E-state index is 0.263. The largest absolute Gasteiger partial charge is 0.494 e. The maximum atomic E-state index is 13.7. The number of hydrazine groups is 1. The summed E-state index contributed by atoms with van der Waals surface area (Å²) in [4.78, 5) is 0. The van der Waals surface area contributed by atoms with Crippen LogP contribution in [-0.2, 0) is 6.42 Å². The van der Waals surface area contributed by atoms with Crippen LogP contribution >= 0.6 is 0 Å². The monoisotopic (exact) mass is 292 g/mol. The molecule has 2 rings (SSSR count). The summed E-state index contributed by atoms with van der Waals surface area (Å²) in [6, 6.07) is 10.7. The average Bonchev–Trinajstić information content (AvgIpc) is 2.48. The lowest BCUT2D eigenvalue weighted by Gasteiger charge is -2.17. The summed E-state index contributed by atoms with van der Waals surface area (Å²) in [6.07, 6.45) is 0.330. The zero-order chi connectivity index (χ0) is 15.2. The highest BCUT2D eigenvalue weighted by atomic mass is 19.1. The van der Waals surface area contributed by atoms with Crippen LogP contribution in [0.4, 0.5) is 8.78 Å². The first-order chi connectivity index (χ1) is 10.1. The molecule has 21 heavy (non-hydrogen) atoms. The van der Waals surface area contributed by atoms with Crippen LogP contribution in [0.2, 0.25) is 0 Å². The number of nitrogens with one attached hydrogen (secondary N) is 1. The fraction of sp³-hybridized carbons (Fsp3) is 0.250. The molecule has 0 heterocycles. The first-order valence-electron chi connectivity index (χ1n) is 6.77. The molecule has 0 saturated carbocycles. The molecule has 0 amide bonds. The molecule has 0 fully saturated rings. The van der Waals surface area contributed by atoms with E-state index in [1.165, 1.54) is 12.1 Å². The Kier molecular flexibility index (Phi) is 5.25. The highest BCUT2D eigenvalue weighted by Gasteiger charge is 2.14. The van der Waals surface area contributed by atoms with Gasteiger partial charge in [-0.2, -0.15) is 0 Å². The summed E-state index contributed by atoms with van der Waals surface area (Å²) in [5, 5.41) is 0. The van der Waals surface area contributed by atoms with Crippen LogP contribution in [0.3, 0.4) is 0 Å². The zero-order valence-electron chi connectivity index (χ0n) is 11.8. The Hall–Kier alpha value is -1.98. The van der Waals surface area contributed by atoms with Gasteiger partial charge in [0, 0.05) is 6.07 Å². The SMILES string of the molecule is CCOc1ccc(C(Cc2ccc(F)cc2F)NN)cc1. The third-order valence-corrected chi connectivity index (χ3v) is 3.23. The van der Waals surface area contributed by atoms with Crippen LogP contribution in [0.15, 0.2) is 42.5 Å². The third-order valence-electron chi connectivity index (χ3n) is 3.23. The van der Waals surface area contributed by atoms with Gasteiger partial charge in [0.1, 0.15) is 17.4 Å². The second kappa shape index (κ2) is 7.15. The Labute approximate surface area is 122 Å². The lowest BCUT2D eigenvalue weighted by Crippen LogP contribution is -2.29. The van der Waals surface area contributed by atoms with E-state index in [4.69, 9.17) is 10.6 Å². The molecule has 0 aliphatic carbocycles. The number of hydrogen-bond acceptors (Lipinski definition) is 3. The molecule has 0 radical (unpaired) electrons. The average molecular weight is 292 g/mol. The summed E-state index contributed by atoms with van der Waals surface area (Å²) < 4.78 is 32.0. The van der Waals surface area contributed by atoms with Crippen LogP contribution in [0.25, 0.3) is 0 Å². The maximum Gasteiger partial charge on any atom is 0.129 e. The second-order valence-electron chi connectivity index (χ2n) is 4.66. The van der Waals surface area contributed by atoms with Crippen molar-refractivity contribution in [1.82, 2.24) is 5.43 Å². The predicted molar refractivity (Wildman–Crippen MR) is 77.7 cm³/mol. The minimum Gasteiger partial charge on any atom is -0.494 e. The number of rotatable bonds is 6. The van der Waals surface area contributed by atoms with Crippen molar-refractivity contribution in [2.45, 2.75) is 19.4 Å². The van der Waals surface area contributed by atoms with E-state index in [-0.39, 0.29) is 6.04 Å². The Balaban J connectivity index is 2.15. The van der Waals surface area contributed by atoms with E-state index >= 15 is 0 Å². The number of ether oxygens (including phenoxy) is 1. The Morgan fingerprint density at radius 1 is 1.14 bits per heavy atom. The minimum atomic E-state index is -0.588. The van der Waals surface area contributed by atoms with Crippen LogP contribution < -0.4 is 16.0 Å². The van der Waals surface area contributed by atoms with E-state index in [9.17, 15) is 8.78 Å². The predicted octanol–water partition coefficient (Wildman–Crippen LogP) is 3.11. The van der Waals surface area contributed by atoms with Crippen molar-refractivity contribution in [2.75, 3.05) is 6.61 Å². The molecule has 0 aliphatic heterocycles. The van der Waals surface area contributed by atoms with Crippen molar-refractivity contribution in [2.24, 2.45) is 5.84 Å². The lowest BCUT2D eigenvalue weighted by atomic mass is 9.99. The van der Waals surface area contributed by atoms with Crippen molar-refractivity contribution in [3.8, 4) is 5.75 Å². The van der Waals surface area contributed by atoms with Crippen LogP contribution in [0.5, 0.6) is 5.75 Å². The number of halogens is 2. The standard InChI is InChI=1S/C16H18F2N2O/c1-2-21-14-7-4-11(5-8-14)16(20-19)9-12-3-6-13(17)10-15(12)18/h3-8,10,16,20H,2,9,19H2,1H3. The first kappa shape index (κ1) is 15.4. The third kappa shape index (κ3) is 4.00. The highest BCUT2D eigenvalue weighted by molar-refractivity contribution is 5.31. The van der Waals surface area contributed by atoms with E-state index in [2.05, 4.69) is 5.43 Å². The molecule has 0 saturated heterocycles. The molecule has 1 atom stereocenters. The smallest absolute Gasteiger partial charge is 0.129 e. The summed E-state index contributed by atoms with van der Waals surface area (Å²) in [5.41, 5.74) is 3.98. The van der Waals surface area contributed by atoms with Crippen molar-refractivity contribution < 1.29 is 13.5 Å². The Morgan fingerprint density at radius 2 is 1.86 bits per heavy atom. The van der Waals surface area contributed by atoms with Crippen molar-refractivity contribution in [3.63, 3.8) is 0 Å². The Bertz CT molecular complexity index is 587. The van der Waals surface area contributed by atoms with E-state index in [0.29, 0.717) is 18.6 Å². The molecule has 0 spiro atoms. The van der Waals surface area contributed by atoms with E-state index in [1.54, 1.807) is 0 Å². The van der Waals surface area contributed by atoms with Gasteiger partial charge in [0.05, 0.1) is 12.6 Å². The summed E-state index contributed by atoms with van der Waals surface area (Å²) in [7, 11) is 0. The van der Waals surface area contributed by atoms with E-state index in [1.807, 2.05) is 31.2 Å². The van der Waals surface area contributed by atoms with Gasteiger partial charge in [-0.15, -0.1) is 0 Å². The normalized spacial score (nSPS) is 12.2. The molecule has 0 bridgehead atoms. The summed E-state index contributed by atoms with van der Waals surface area (Å²) >= 11 is 0. The van der Waals surface area contributed by atoms with Gasteiger partial charge in [-0.3, -0.25) is 11.3 Å². The fourth-order valence-electron chi connectivity index (χ4n) is 2.14. The number of hydrogen-bond donors (Lipinski definition) is 2. The quantitative estimate of drug-likeness (QED) is 0.635.